The molecule has 1 rings (SSSR count). The van der Waals surface area contributed by atoms with Crippen molar-refractivity contribution in [1.82, 2.24) is 0 Å². The number of benzene rings is 1. The lowest BCUT2D eigenvalue weighted by atomic mass is 10.2. The van der Waals surface area contributed by atoms with Gasteiger partial charge in [-0.2, -0.15) is 0 Å². The summed E-state index contributed by atoms with van der Waals surface area (Å²) in [6, 6.07) is 4.12. The highest BCUT2D eigenvalue weighted by Gasteiger charge is 2.31. The first-order valence-electron chi connectivity index (χ1n) is 5.41. The van der Waals surface area contributed by atoms with Crippen LogP contribution in [0.2, 0.25) is 5.02 Å². The van der Waals surface area contributed by atoms with Crippen LogP contribution in [0.1, 0.15) is 33.3 Å². The summed E-state index contributed by atoms with van der Waals surface area (Å²) in [7, 11) is 0. The third-order valence-corrected chi connectivity index (χ3v) is 1.85. The molecule has 5 heteroatoms. The summed E-state index contributed by atoms with van der Waals surface area (Å²) < 4.78 is 39.1. The van der Waals surface area contributed by atoms with Gasteiger partial charge in [-0.25, -0.2) is 0 Å². The highest BCUT2D eigenvalue weighted by atomic mass is 35.5. The topological polar surface area (TPSA) is 9.23 Å². The van der Waals surface area contributed by atoms with Gasteiger partial charge in [0, 0.05) is 10.6 Å². The van der Waals surface area contributed by atoms with Gasteiger partial charge in [0.2, 0.25) is 0 Å². The Balaban J connectivity index is 0. The quantitative estimate of drug-likeness (QED) is 0.645. The van der Waals surface area contributed by atoms with E-state index in [0.717, 1.165) is 0 Å². The van der Waals surface area contributed by atoms with E-state index in [4.69, 9.17) is 11.6 Å². The maximum atomic E-state index is 11.8. The lowest BCUT2D eigenvalue weighted by molar-refractivity contribution is -0.274. The van der Waals surface area contributed by atoms with Gasteiger partial charge in [0.15, 0.2) is 0 Å². The minimum atomic E-state index is -4.67. The molecule has 0 spiro atoms. The minimum absolute atomic E-state index is 0.252. The van der Waals surface area contributed by atoms with E-state index >= 15 is 0 Å². The highest BCUT2D eigenvalue weighted by Crippen LogP contribution is 2.29. The molecule has 0 saturated heterocycles. The molecule has 0 aromatic heterocycles. The zero-order valence-corrected chi connectivity index (χ0v) is 11.4. The molecular formula is C12H18ClF3O. The third-order valence-electron chi connectivity index (χ3n) is 1.44. The Labute approximate surface area is 106 Å². The van der Waals surface area contributed by atoms with Crippen molar-refractivity contribution < 1.29 is 17.9 Å². The number of alkyl halides is 3. The van der Waals surface area contributed by atoms with E-state index in [1.165, 1.54) is 25.1 Å². The number of hydrogen-bond donors (Lipinski definition) is 0. The Morgan fingerprint density at radius 2 is 1.53 bits per heavy atom. The van der Waals surface area contributed by atoms with Gasteiger partial charge in [-0.3, -0.25) is 0 Å². The zero-order chi connectivity index (χ0) is 14.1. The molecule has 17 heavy (non-hydrogen) atoms. The van der Waals surface area contributed by atoms with Crippen molar-refractivity contribution in [3.8, 4) is 5.75 Å². The maximum Gasteiger partial charge on any atom is 0.573 e. The van der Waals surface area contributed by atoms with E-state index in [-0.39, 0.29) is 16.3 Å². The Morgan fingerprint density at radius 1 is 1.06 bits per heavy atom. The predicted molar refractivity (Wildman–Crippen MR) is 65.6 cm³/mol. The van der Waals surface area contributed by atoms with Crippen LogP contribution in [0, 0.1) is 6.92 Å². The maximum absolute atomic E-state index is 11.8. The largest absolute Gasteiger partial charge is 0.573 e. The van der Waals surface area contributed by atoms with Crippen LogP contribution in [0.3, 0.4) is 0 Å². The molecule has 0 atom stereocenters. The van der Waals surface area contributed by atoms with Crippen LogP contribution in [-0.4, -0.2) is 6.36 Å². The minimum Gasteiger partial charge on any atom is -0.405 e. The number of halogens is 4. The number of ether oxygens (including phenoxy) is 1. The van der Waals surface area contributed by atoms with E-state index in [1.54, 1.807) is 0 Å². The van der Waals surface area contributed by atoms with E-state index in [9.17, 15) is 13.2 Å². The van der Waals surface area contributed by atoms with Crippen molar-refractivity contribution in [2.75, 3.05) is 0 Å². The Bertz CT molecular complexity index is 311. The number of hydrogen-bond acceptors (Lipinski definition) is 1. The average molecular weight is 271 g/mol. The van der Waals surface area contributed by atoms with Crippen LogP contribution in [0.4, 0.5) is 13.2 Å². The van der Waals surface area contributed by atoms with Gasteiger partial charge in [-0.15, -0.1) is 13.2 Å². The summed E-state index contributed by atoms with van der Waals surface area (Å²) in [6.07, 6.45) is -4.67. The van der Waals surface area contributed by atoms with Gasteiger partial charge in [0.05, 0.1) is 0 Å². The van der Waals surface area contributed by atoms with Crippen LogP contribution in [-0.2, 0) is 0 Å². The molecule has 1 aromatic carbocycles. The summed E-state index contributed by atoms with van der Waals surface area (Å²) in [6.45, 7) is 9.46. The molecule has 0 radical (unpaired) electrons. The first kappa shape index (κ1) is 18.5. The Morgan fingerprint density at radius 3 is 1.94 bits per heavy atom. The Kier molecular flexibility index (Phi) is 9.95. The second kappa shape index (κ2) is 9.16. The smallest absolute Gasteiger partial charge is 0.405 e. The summed E-state index contributed by atoms with van der Waals surface area (Å²) in [5.41, 5.74) is 0.279. The monoisotopic (exact) mass is 270 g/mol. The molecule has 0 aliphatic rings. The Hall–Kier alpha value is -0.900. The molecule has 0 aliphatic heterocycles. The van der Waals surface area contributed by atoms with Gasteiger partial charge < -0.3 is 4.74 Å². The molecule has 0 saturated carbocycles. The fourth-order valence-corrected chi connectivity index (χ4v) is 0.989. The van der Waals surface area contributed by atoms with Crippen LogP contribution in [0.5, 0.6) is 5.75 Å². The van der Waals surface area contributed by atoms with E-state index in [1.807, 2.05) is 27.7 Å². The summed E-state index contributed by atoms with van der Waals surface area (Å²) in [5, 5.41) is 0.252. The fraction of sp³-hybridized carbons (Fsp3) is 0.500. The summed E-state index contributed by atoms with van der Waals surface area (Å²) in [4.78, 5) is 0. The summed E-state index contributed by atoms with van der Waals surface area (Å²) >= 11 is 5.60. The van der Waals surface area contributed by atoms with Crippen LogP contribution in [0.15, 0.2) is 18.2 Å². The standard InChI is InChI=1S/C8H6ClF3O.2C2H6/c1-5-6(9)3-2-4-7(5)13-8(10,11)12;2*1-2/h2-4H,1H3;2*1-2H3. The average Bonchev–Trinajstić information content (AvgIpc) is 2.29. The lowest BCUT2D eigenvalue weighted by Gasteiger charge is -2.11. The first-order valence-corrected chi connectivity index (χ1v) is 5.79. The third kappa shape index (κ3) is 7.91. The van der Waals surface area contributed by atoms with Crippen LogP contribution in [0.25, 0.3) is 0 Å². The van der Waals surface area contributed by atoms with Crippen molar-refractivity contribution in [2.24, 2.45) is 0 Å². The SMILES string of the molecule is CC.CC.Cc1c(Cl)cccc1OC(F)(F)F. The van der Waals surface area contributed by atoms with Gasteiger partial charge in [0.25, 0.3) is 0 Å². The summed E-state index contributed by atoms with van der Waals surface area (Å²) in [5.74, 6) is -0.264. The predicted octanol–water partition coefficient (Wildman–Crippen LogP) is 5.60. The number of rotatable bonds is 1. The molecule has 0 unspecified atom stereocenters. The van der Waals surface area contributed by atoms with Gasteiger partial charge >= 0.3 is 6.36 Å². The normalized spacial score (nSPS) is 9.47. The van der Waals surface area contributed by atoms with E-state index < -0.39 is 6.36 Å². The highest BCUT2D eigenvalue weighted by molar-refractivity contribution is 6.31. The molecule has 0 amide bonds. The zero-order valence-electron chi connectivity index (χ0n) is 10.7. The fourth-order valence-electron chi connectivity index (χ4n) is 0.823. The van der Waals surface area contributed by atoms with E-state index in [0.29, 0.717) is 0 Å². The van der Waals surface area contributed by atoms with E-state index in [2.05, 4.69) is 4.74 Å². The molecule has 0 fully saturated rings. The van der Waals surface area contributed by atoms with Gasteiger partial charge in [0.1, 0.15) is 5.75 Å². The lowest BCUT2D eigenvalue weighted by Crippen LogP contribution is -2.17. The second-order valence-electron chi connectivity index (χ2n) is 2.41. The molecule has 100 valence electrons. The second-order valence-corrected chi connectivity index (χ2v) is 2.82. The molecule has 0 aliphatic carbocycles. The molecule has 1 aromatic rings. The molecular weight excluding hydrogens is 253 g/mol. The molecule has 0 bridgehead atoms. The molecule has 0 N–H and O–H groups in total. The first-order chi connectivity index (χ1) is 7.90. The van der Waals surface area contributed by atoms with Gasteiger partial charge in [-0.05, 0) is 19.1 Å². The molecule has 1 nitrogen and oxygen atoms in total. The van der Waals surface area contributed by atoms with Crippen LogP contribution < -0.4 is 4.74 Å². The van der Waals surface area contributed by atoms with Crippen molar-refractivity contribution in [3.63, 3.8) is 0 Å². The van der Waals surface area contributed by atoms with Gasteiger partial charge in [-0.1, -0.05) is 45.4 Å². The van der Waals surface area contributed by atoms with Crippen LogP contribution >= 0.6 is 11.6 Å². The molecule has 0 heterocycles. The van der Waals surface area contributed by atoms with Crippen molar-refractivity contribution in [1.29, 1.82) is 0 Å². The van der Waals surface area contributed by atoms with Crippen molar-refractivity contribution >= 4 is 11.6 Å². The van der Waals surface area contributed by atoms with Crippen molar-refractivity contribution in [3.05, 3.63) is 28.8 Å². The van der Waals surface area contributed by atoms with Crippen molar-refractivity contribution in [2.45, 2.75) is 41.0 Å².